The second-order valence-electron chi connectivity index (χ2n) is 12.9. The number of methoxy groups -OCH3 is 1. The summed E-state index contributed by atoms with van der Waals surface area (Å²) in [7, 11) is 1.22. The minimum atomic E-state index is -1.73. The van der Waals surface area contributed by atoms with Crippen LogP contribution in [0.3, 0.4) is 0 Å². The summed E-state index contributed by atoms with van der Waals surface area (Å²) in [5, 5.41) is 97.3. The summed E-state index contributed by atoms with van der Waals surface area (Å²) in [5.74, 6) is -1.74. The van der Waals surface area contributed by atoms with Crippen molar-refractivity contribution in [1.82, 2.24) is 30.9 Å². The zero-order chi connectivity index (χ0) is 38.3. The van der Waals surface area contributed by atoms with Gasteiger partial charge >= 0.3 is 0 Å². The first-order valence-corrected chi connectivity index (χ1v) is 16.9. The predicted octanol–water partition coefficient (Wildman–Crippen LogP) is -6.87. The van der Waals surface area contributed by atoms with E-state index < -0.39 is 123 Å². The number of aromatic nitrogens is 3. The van der Waals surface area contributed by atoms with Gasteiger partial charge in [-0.1, -0.05) is 5.21 Å². The molecule has 3 aliphatic rings. The number of aliphatic hydroxyl groups is 8. The standard InChI is InChI=1S/C30H50N6O16/c1-12-18(32-13(2)39)25(21(42)16(11-38)49-12)51-30-24(45)23(44)26(48-3)27(52-30)28(46)31-7-4-8-36-9-14(34-35-36)5-6-17(40)33-19-22(43)20(41)15(10-37)50-29(19)47/h9,12,15-16,18-27,29-30,37-38,41-45,47H,4-8,10-11H2,1-3H3,(H,31,46)(H,32,39)(H,33,40)/t12-,15+,16?,18?,19+,20+,21+,22+,23+,24?,25+,26-,27?,29?,30+/m0/s1. The molecule has 4 heterocycles. The molecule has 15 atom stereocenters. The number of aryl methyl sites for hydroxylation is 2. The number of amides is 3. The van der Waals surface area contributed by atoms with E-state index in [0.717, 1.165) is 0 Å². The fraction of sp³-hybridized carbons (Fsp3) is 0.833. The first-order valence-electron chi connectivity index (χ1n) is 16.9. The van der Waals surface area contributed by atoms with Gasteiger partial charge in [0.25, 0.3) is 5.91 Å². The highest BCUT2D eigenvalue weighted by atomic mass is 16.7. The van der Waals surface area contributed by atoms with Crippen LogP contribution in [0, 0.1) is 0 Å². The van der Waals surface area contributed by atoms with Crippen molar-refractivity contribution < 1.29 is 78.9 Å². The molecule has 0 aliphatic carbocycles. The largest absolute Gasteiger partial charge is 0.394 e. The monoisotopic (exact) mass is 750 g/mol. The summed E-state index contributed by atoms with van der Waals surface area (Å²) in [6.07, 6.45) is -16.4. The summed E-state index contributed by atoms with van der Waals surface area (Å²) in [4.78, 5) is 37.5. The quantitative estimate of drug-likeness (QED) is 0.0742. The van der Waals surface area contributed by atoms with E-state index in [1.54, 1.807) is 13.1 Å². The van der Waals surface area contributed by atoms with Crippen molar-refractivity contribution >= 4 is 17.7 Å². The smallest absolute Gasteiger partial charge is 0.252 e. The number of carbonyl (C=O) groups excluding carboxylic acids is 3. The maximum absolute atomic E-state index is 13.2. The topological polar surface area (TPSA) is 326 Å². The number of rotatable bonds is 15. The lowest BCUT2D eigenvalue weighted by Gasteiger charge is -2.47. The van der Waals surface area contributed by atoms with Gasteiger partial charge in [0.1, 0.15) is 61.0 Å². The van der Waals surface area contributed by atoms with Crippen molar-refractivity contribution in [2.45, 2.75) is 131 Å². The Morgan fingerprint density at radius 2 is 1.58 bits per heavy atom. The molecule has 3 saturated heterocycles. The summed E-state index contributed by atoms with van der Waals surface area (Å²) in [6.45, 7) is 2.02. The molecule has 22 nitrogen and oxygen atoms in total. The van der Waals surface area contributed by atoms with Gasteiger partial charge < -0.3 is 80.5 Å². The van der Waals surface area contributed by atoms with Crippen LogP contribution in [0.15, 0.2) is 6.20 Å². The first kappa shape index (κ1) is 41.8. The van der Waals surface area contributed by atoms with Crippen LogP contribution in [0.2, 0.25) is 0 Å². The molecule has 4 rings (SSSR count). The fourth-order valence-corrected chi connectivity index (χ4v) is 6.33. The number of aliphatic hydroxyl groups excluding tert-OH is 8. The van der Waals surface area contributed by atoms with Gasteiger partial charge in [-0.05, 0) is 13.3 Å². The van der Waals surface area contributed by atoms with Crippen LogP contribution >= 0.6 is 0 Å². The lowest BCUT2D eigenvalue weighted by atomic mass is 9.92. The predicted molar refractivity (Wildman–Crippen MR) is 169 cm³/mol. The van der Waals surface area contributed by atoms with E-state index in [1.165, 1.54) is 18.7 Å². The Bertz CT molecular complexity index is 1330. The fourth-order valence-electron chi connectivity index (χ4n) is 6.33. The lowest BCUT2D eigenvalue weighted by molar-refractivity contribution is -0.325. The molecule has 1 aromatic rings. The maximum Gasteiger partial charge on any atom is 0.252 e. The van der Waals surface area contributed by atoms with Crippen LogP contribution in [0.4, 0.5) is 0 Å². The van der Waals surface area contributed by atoms with Crippen molar-refractivity contribution in [2.75, 3.05) is 26.9 Å². The third-order valence-electron chi connectivity index (χ3n) is 9.17. The average molecular weight is 751 g/mol. The highest BCUT2D eigenvalue weighted by molar-refractivity contribution is 5.81. The highest BCUT2D eigenvalue weighted by Crippen LogP contribution is 2.30. The summed E-state index contributed by atoms with van der Waals surface area (Å²) < 4.78 is 29.0. The number of nitrogens with one attached hydrogen (secondary N) is 3. The van der Waals surface area contributed by atoms with E-state index in [9.17, 15) is 55.2 Å². The minimum Gasteiger partial charge on any atom is -0.394 e. The molecule has 0 bridgehead atoms. The molecule has 3 aliphatic heterocycles. The summed E-state index contributed by atoms with van der Waals surface area (Å²) in [6, 6.07) is -2.26. The zero-order valence-corrected chi connectivity index (χ0v) is 28.9. The van der Waals surface area contributed by atoms with E-state index >= 15 is 0 Å². The first-order chi connectivity index (χ1) is 24.7. The molecular formula is C30H50N6O16. The molecule has 52 heavy (non-hydrogen) atoms. The van der Waals surface area contributed by atoms with E-state index in [0.29, 0.717) is 18.7 Å². The molecule has 0 saturated carbocycles. The van der Waals surface area contributed by atoms with Crippen molar-refractivity contribution in [1.29, 1.82) is 0 Å². The van der Waals surface area contributed by atoms with Gasteiger partial charge in [-0.25, -0.2) is 0 Å². The average Bonchev–Trinajstić information content (AvgIpc) is 3.57. The van der Waals surface area contributed by atoms with Crippen LogP contribution in [0.5, 0.6) is 0 Å². The number of hydrogen-bond donors (Lipinski definition) is 11. The molecule has 0 radical (unpaired) electrons. The Hall–Kier alpha value is -2.97. The zero-order valence-electron chi connectivity index (χ0n) is 28.9. The third-order valence-corrected chi connectivity index (χ3v) is 9.17. The van der Waals surface area contributed by atoms with Gasteiger partial charge in [0.05, 0.1) is 31.1 Å². The Morgan fingerprint density at radius 1 is 0.885 bits per heavy atom. The van der Waals surface area contributed by atoms with Gasteiger partial charge in [0.15, 0.2) is 18.7 Å². The maximum atomic E-state index is 13.2. The van der Waals surface area contributed by atoms with Gasteiger partial charge in [-0.2, -0.15) is 0 Å². The van der Waals surface area contributed by atoms with Crippen LogP contribution in [0.25, 0.3) is 0 Å². The van der Waals surface area contributed by atoms with E-state index in [-0.39, 0.29) is 19.4 Å². The van der Waals surface area contributed by atoms with Gasteiger partial charge in [-0.15, -0.1) is 5.10 Å². The van der Waals surface area contributed by atoms with Crippen LogP contribution in [-0.4, -0.2) is 192 Å². The highest BCUT2D eigenvalue weighted by Gasteiger charge is 2.52. The van der Waals surface area contributed by atoms with Crippen molar-refractivity contribution in [3.8, 4) is 0 Å². The normalized spacial score (nSPS) is 38.0. The van der Waals surface area contributed by atoms with Gasteiger partial charge in [0, 0.05) is 46.2 Å². The van der Waals surface area contributed by atoms with Crippen molar-refractivity contribution in [3.05, 3.63) is 11.9 Å². The van der Waals surface area contributed by atoms with E-state index in [1.807, 2.05) is 0 Å². The molecule has 22 heteroatoms. The molecule has 3 amide bonds. The second-order valence-corrected chi connectivity index (χ2v) is 12.9. The van der Waals surface area contributed by atoms with Crippen molar-refractivity contribution in [2.24, 2.45) is 0 Å². The third kappa shape index (κ3) is 9.96. The Labute approximate surface area is 297 Å². The van der Waals surface area contributed by atoms with Gasteiger partial charge in [-0.3, -0.25) is 19.1 Å². The second kappa shape index (κ2) is 18.9. The van der Waals surface area contributed by atoms with Gasteiger partial charge in [0.2, 0.25) is 11.8 Å². The lowest BCUT2D eigenvalue weighted by Crippen LogP contribution is -2.68. The van der Waals surface area contributed by atoms with Crippen LogP contribution < -0.4 is 16.0 Å². The van der Waals surface area contributed by atoms with Crippen LogP contribution in [0.1, 0.15) is 32.4 Å². The molecule has 3 fully saturated rings. The van der Waals surface area contributed by atoms with E-state index in [2.05, 4.69) is 26.3 Å². The molecule has 0 spiro atoms. The Morgan fingerprint density at radius 3 is 2.23 bits per heavy atom. The molecule has 0 aromatic carbocycles. The number of hydrogen-bond acceptors (Lipinski definition) is 18. The number of nitrogens with zero attached hydrogens (tertiary/aromatic N) is 3. The summed E-state index contributed by atoms with van der Waals surface area (Å²) >= 11 is 0. The summed E-state index contributed by atoms with van der Waals surface area (Å²) in [5.41, 5.74) is 0.452. The minimum absolute atomic E-state index is 0.0973. The Balaban J connectivity index is 1.26. The molecule has 5 unspecified atom stereocenters. The molecule has 11 N–H and O–H groups in total. The SMILES string of the molecule is CO[C@@H]1C(C(=O)NCCCn2cc(CCC(=O)N[C@H]3C(O)O[C@H](CO)[C@@H](O)[C@@H]3O)nn2)O[C@@H](O[C@@H]2C(NC(C)=O)[C@H](C)OC(CO)[C@H]2O)C(O)[C@H]1O. The number of carbonyl (C=O) groups is 3. The van der Waals surface area contributed by atoms with Crippen molar-refractivity contribution in [3.63, 3.8) is 0 Å². The molecule has 1 aromatic heterocycles. The van der Waals surface area contributed by atoms with Crippen LogP contribution in [-0.2, 0) is 51.0 Å². The molecule has 296 valence electrons. The van der Waals surface area contributed by atoms with E-state index in [4.69, 9.17) is 23.7 Å². The number of ether oxygens (including phenoxy) is 5. The molecular weight excluding hydrogens is 700 g/mol. The Kier molecular flexibility index (Phi) is 15.2.